The molecule has 1 N–H and O–H groups in total. The maximum Gasteiger partial charge on any atom is 0.159 e. The van der Waals surface area contributed by atoms with E-state index in [4.69, 9.17) is 4.74 Å². The van der Waals surface area contributed by atoms with E-state index in [0.29, 0.717) is 5.82 Å². The monoisotopic (exact) mass is 275 g/mol. The Balaban J connectivity index is 2.39. The second-order valence-electron chi connectivity index (χ2n) is 4.70. The number of aromatic nitrogens is 4. The normalized spacial score (nSPS) is 12.4. The zero-order valence-corrected chi connectivity index (χ0v) is 12.4. The summed E-state index contributed by atoms with van der Waals surface area (Å²) in [5.41, 5.74) is 1.82. The number of nitrogens with one attached hydrogen (secondary N) is 1. The zero-order chi connectivity index (χ0) is 14.5. The van der Waals surface area contributed by atoms with Gasteiger partial charge in [-0.15, -0.1) is 0 Å². The highest BCUT2D eigenvalue weighted by Crippen LogP contribution is 2.22. The molecule has 6 nitrogen and oxygen atoms in total. The second kappa shape index (κ2) is 6.47. The number of anilines is 1. The molecule has 0 saturated heterocycles. The van der Waals surface area contributed by atoms with Crippen LogP contribution in [-0.2, 0) is 11.8 Å². The van der Waals surface area contributed by atoms with Crippen molar-refractivity contribution >= 4 is 5.82 Å². The number of ether oxygens (including phenoxy) is 1. The highest BCUT2D eigenvalue weighted by Gasteiger charge is 2.13. The fraction of sp³-hybridized carbons (Fsp3) is 0.500. The SMILES string of the molecule is CCCNc1cc(-c2cnn(C)c2)nc(C(C)OC)n1. The standard InChI is InChI=1S/C14H21N5O/c1-5-6-15-13-7-12(11-8-16-19(3)9-11)17-14(18-13)10(2)20-4/h7-10H,5-6H2,1-4H3,(H,15,17,18). The third kappa shape index (κ3) is 3.33. The van der Waals surface area contributed by atoms with Gasteiger partial charge in [0, 0.05) is 38.5 Å². The van der Waals surface area contributed by atoms with Gasteiger partial charge >= 0.3 is 0 Å². The lowest BCUT2D eigenvalue weighted by atomic mass is 10.2. The smallest absolute Gasteiger partial charge is 0.159 e. The third-order valence-electron chi connectivity index (χ3n) is 3.02. The quantitative estimate of drug-likeness (QED) is 0.877. The Morgan fingerprint density at radius 2 is 2.20 bits per heavy atom. The van der Waals surface area contributed by atoms with Crippen LogP contribution in [0.5, 0.6) is 0 Å². The second-order valence-corrected chi connectivity index (χ2v) is 4.70. The fourth-order valence-electron chi connectivity index (χ4n) is 1.80. The molecule has 0 aliphatic carbocycles. The van der Waals surface area contributed by atoms with E-state index in [9.17, 15) is 0 Å². The van der Waals surface area contributed by atoms with Gasteiger partial charge in [0.2, 0.25) is 0 Å². The predicted octanol–water partition coefficient (Wildman–Crippen LogP) is 2.41. The minimum Gasteiger partial charge on any atom is -0.374 e. The van der Waals surface area contributed by atoms with Crippen LogP contribution in [-0.4, -0.2) is 33.4 Å². The number of rotatable bonds is 6. The lowest BCUT2D eigenvalue weighted by Crippen LogP contribution is -2.09. The van der Waals surface area contributed by atoms with Crippen molar-refractivity contribution in [1.29, 1.82) is 0 Å². The summed E-state index contributed by atoms with van der Waals surface area (Å²) in [5.74, 6) is 1.49. The summed E-state index contributed by atoms with van der Waals surface area (Å²) >= 11 is 0. The van der Waals surface area contributed by atoms with Gasteiger partial charge < -0.3 is 10.1 Å². The van der Waals surface area contributed by atoms with Crippen LogP contribution in [0.1, 0.15) is 32.2 Å². The largest absolute Gasteiger partial charge is 0.374 e. The van der Waals surface area contributed by atoms with Gasteiger partial charge in [0.25, 0.3) is 0 Å². The molecule has 1 unspecified atom stereocenters. The number of methoxy groups -OCH3 is 1. The average molecular weight is 275 g/mol. The Morgan fingerprint density at radius 3 is 2.80 bits per heavy atom. The topological polar surface area (TPSA) is 64.9 Å². The van der Waals surface area contributed by atoms with Crippen LogP contribution in [0.25, 0.3) is 11.3 Å². The van der Waals surface area contributed by atoms with Crippen LogP contribution >= 0.6 is 0 Å². The van der Waals surface area contributed by atoms with Crippen LogP contribution in [0.2, 0.25) is 0 Å². The van der Waals surface area contributed by atoms with Crippen molar-refractivity contribution in [2.45, 2.75) is 26.4 Å². The average Bonchev–Trinajstić information content (AvgIpc) is 2.90. The molecule has 0 amide bonds. The molecule has 0 aliphatic heterocycles. The molecule has 1 atom stereocenters. The van der Waals surface area contributed by atoms with Gasteiger partial charge in [-0.05, 0) is 13.3 Å². The van der Waals surface area contributed by atoms with Crippen molar-refractivity contribution in [3.05, 3.63) is 24.3 Å². The Kier molecular flexibility index (Phi) is 4.68. The minimum atomic E-state index is -0.145. The van der Waals surface area contributed by atoms with Gasteiger partial charge in [-0.2, -0.15) is 5.10 Å². The molecule has 0 aliphatic rings. The van der Waals surface area contributed by atoms with Crippen LogP contribution in [0.4, 0.5) is 5.82 Å². The fourth-order valence-corrected chi connectivity index (χ4v) is 1.80. The number of hydrogen-bond donors (Lipinski definition) is 1. The van der Waals surface area contributed by atoms with Gasteiger partial charge in [-0.3, -0.25) is 4.68 Å². The third-order valence-corrected chi connectivity index (χ3v) is 3.02. The molecule has 0 aromatic carbocycles. The minimum absolute atomic E-state index is 0.145. The summed E-state index contributed by atoms with van der Waals surface area (Å²) < 4.78 is 7.08. The molecule has 108 valence electrons. The summed E-state index contributed by atoms with van der Waals surface area (Å²) in [4.78, 5) is 9.07. The van der Waals surface area contributed by atoms with Crippen molar-refractivity contribution in [2.75, 3.05) is 19.0 Å². The molecule has 6 heteroatoms. The Morgan fingerprint density at radius 1 is 1.40 bits per heavy atom. The van der Waals surface area contributed by atoms with Gasteiger partial charge in [-0.1, -0.05) is 6.92 Å². The van der Waals surface area contributed by atoms with Crippen molar-refractivity contribution in [3.8, 4) is 11.3 Å². The molecule has 2 aromatic rings. The Labute approximate surface area is 119 Å². The van der Waals surface area contributed by atoms with Crippen molar-refractivity contribution < 1.29 is 4.74 Å². The molecular weight excluding hydrogens is 254 g/mol. The van der Waals surface area contributed by atoms with E-state index >= 15 is 0 Å². The van der Waals surface area contributed by atoms with Crippen LogP contribution in [0.15, 0.2) is 18.5 Å². The van der Waals surface area contributed by atoms with Crippen LogP contribution in [0.3, 0.4) is 0 Å². The Hall–Kier alpha value is -1.95. The van der Waals surface area contributed by atoms with Crippen LogP contribution < -0.4 is 5.32 Å². The molecule has 0 fully saturated rings. The molecule has 0 saturated carbocycles. The number of hydrogen-bond acceptors (Lipinski definition) is 5. The van der Waals surface area contributed by atoms with E-state index in [1.54, 1.807) is 18.0 Å². The first kappa shape index (κ1) is 14.5. The van der Waals surface area contributed by atoms with Gasteiger partial charge in [-0.25, -0.2) is 9.97 Å². The van der Waals surface area contributed by atoms with E-state index in [2.05, 4.69) is 27.3 Å². The van der Waals surface area contributed by atoms with E-state index in [-0.39, 0.29) is 6.10 Å². The first-order valence-electron chi connectivity index (χ1n) is 6.78. The number of nitrogens with zero attached hydrogens (tertiary/aromatic N) is 4. The van der Waals surface area contributed by atoms with E-state index in [1.165, 1.54) is 0 Å². The zero-order valence-electron chi connectivity index (χ0n) is 12.4. The molecular formula is C14H21N5O. The van der Waals surface area contributed by atoms with E-state index < -0.39 is 0 Å². The maximum absolute atomic E-state index is 5.32. The first-order valence-corrected chi connectivity index (χ1v) is 6.78. The van der Waals surface area contributed by atoms with Crippen molar-refractivity contribution in [3.63, 3.8) is 0 Å². The molecule has 20 heavy (non-hydrogen) atoms. The summed E-state index contributed by atoms with van der Waals surface area (Å²) in [6, 6.07) is 1.94. The highest BCUT2D eigenvalue weighted by atomic mass is 16.5. The van der Waals surface area contributed by atoms with Gasteiger partial charge in [0.15, 0.2) is 5.82 Å². The van der Waals surface area contributed by atoms with E-state index in [0.717, 1.165) is 30.0 Å². The summed E-state index contributed by atoms with van der Waals surface area (Å²) in [6.45, 7) is 4.94. The van der Waals surface area contributed by atoms with Gasteiger partial charge in [0.05, 0.1) is 11.9 Å². The number of aryl methyl sites for hydroxylation is 1. The molecule has 2 heterocycles. The molecule has 2 rings (SSSR count). The summed E-state index contributed by atoms with van der Waals surface area (Å²) in [7, 11) is 3.55. The summed E-state index contributed by atoms with van der Waals surface area (Å²) in [6.07, 6.45) is 4.63. The summed E-state index contributed by atoms with van der Waals surface area (Å²) in [5, 5.41) is 7.48. The first-order chi connectivity index (χ1) is 9.63. The molecule has 0 bridgehead atoms. The predicted molar refractivity (Wildman–Crippen MR) is 78.4 cm³/mol. The van der Waals surface area contributed by atoms with E-state index in [1.807, 2.05) is 26.2 Å². The lowest BCUT2D eigenvalue weighted by molar-refractivity contribution is 0.112. The van der Waals surface area contributed by atoms with Crippen LogP contribution in [0, 0.1) is 0 Å². The van der Waals surface area contributed by atoms with Gasteiger partial charge in [0.1, 0.15) is 11.9 Å². The van der Waals surface area contributed by atoms with Crippen molar-refractivity contribution in [1.82, 2.24) is 19.7 Å². The highest BCUT2D eigenvalue weighted by molar-refractivity contribution is 5.61. The Bertz CT molecular complexity index is 566. The van der Waals surface area contributed by atoms with Crippen molar-refractivity contribution in [2.24, 2.45) is 7.05 Å². The lowest BCUT2D eigenvalue weighted by Gasteiger charge is -2.12. The molecule has 2 aromatic heterocycles. The molecule has 0 radical (unpaired) electrons. The molecule has 0 spiro atoms. The maximum atomic E-state index is 5.32.